The molecule has 1 fully saturated rings. The molecule has 0 radical (unpaired) electrons. The Morgan fingerprint density at radius 3 is 2.15 bits per heavy atom. The lowest BCUT2D eigenvalue weighted by molar-refractivity contribution is -0.140. The summed E-state index contributed by atoms with van der Waals surface area (Å²) in [5.74, 6) is -2.76. The molecule has 0 saturated heterocycles. The fourth-order valence-electron chi connectivity index (χ4n) is 3.64. The molecule has 8 nitrogen and oxygen atoms in total. The first kappa shape index (κ1) is 20.9. The number of nitrogens with one attached hydrogen (secondary N) is 1. The molecular weight excluding hydrogens is 352 g/mol. The molecule has 1 aliphatic carbocycles. The Hall–Kier alpha value is -2.45. The number of nitrogens with zero attached hydrogens (tertiary/aromatic N) is 1. The summed E-state index contributed by atoms with van der Waals surface area (Å²) < 4.78 is 0. The van der Waals surface area contributed by atoms with Crippen molar-refractivity contribution in [3.05, 3.63) is 35.4 Å². The van der Waals surface area contributed by atoms with Gasteiger partial charge in [-0.15, -0.1) is 0 Å². The average Bonchev–Trinajstić information content (AvgIpc) is 2.60. The van der Waals surface area contributed by atoms with E-state index < -0.39 is 17.9 Å². The van der Waals surface area contributed by atoms with Crippen molar-refractivity contribution in [2.45, 2.75) is 50.7 Å². The number of hydrogen-bond donors (Lipinski definition) is 4. The Bertz CT molecular complexity index is 661. The Balaban J connectivity index is 2.11. The summed E-state index contributed by atoms with van der Waals surface area (Å²) in [6, 6.07) is 6.98. The number of carboxylic acids is 3. The molecule has 1 saturated carbocycles. The number of hydrogen-bond acceptors (Lipinski definition) is 5. The second kappa shape index (κ2) is 10.0. The van der Waals surface area contributed by atoms with Crippen LogP contribution in [0.15, 0.2) is 24.3 Å². The van der Waals surface area contributed by atoms with E-state index in [1.165, 1.54) is 0 Å². The van der Waals surface area contributed by atoms with Crippen LogP contribution in [0.4, 0.5) is 0 Å². The Kier molecular flexibility index (Phi) is 7.75. The Labute approximate surface area is 157 Å². The normalized spacial score (nSPS) is 19.7. The minimum Gasteiger partial charge on any atom is -0.481 e. The van der Waals surface area contributed by atoms with Gasteiger partial charge in [-0.25, -0.2) is 0 Å². The number of rotatable bonds is 10. The van der Waals surface area contributed by atoms with Crippen molar-refractivity contribution in [1.82, 2.24) is 10.2 Å². The third-order valence-electron chi connectivity index (χ3n) is 4.82. The molecule has 0 bridgehead atoms. The van der Waals surface area contributed by atoms with Crippen LogP contribution in [-0.4, -0.2) is 63.3 Å². The van der Waals surface area contributed by atoms with Gasteiger partial charge in [-0.05, 0) is 24.0 Å². The van der Waals surface area contributed by atoms with E-state index in [1.54, 1.807) is 12.1 Å². The molecule has 4 N–H and O–H groups in total. The average molecular weight is 378 g/mol. The number of benzene rings is 1. The largest absolute Gasteiger partial charge is 0.481 e. The first-order valence-corrected chi connectivity index (χ1v) is 9.06. The smallest absolute Gasteiger partial charge is 0.317 e. The Morgan fingerprint density at radius 2 is 1.56 bits per heavy atom. The van der Waals surface area contributed by atoms with Gasteiger partial charge in [0.1, 0.15) is 0 Å². The molecule has 1 aliphatic rings. The lowest BCUT2D eigenvalue weighted by atomic mass is 9.88. The number of carboxylic acid groups (broad SMARTS) is 3. The predicted molar refractivity (Wildman–Crippen MR) is 97.5 cm³/mol. The molecule has 27 heavy (non-hydrogen) atoms. The van der Waals surface area contributed by atoms with Gasteiger partial charge in [-0.3, -0.25) is 19.3 Å². The SMILES string of the molecule is O=C(O)CNC1CCCCC1N(CC(=O)O)Cc1ccc(CC(=O)O)cc1. The standard InChI is InChI=1S/C19H26N2O6/c22-17(23)9-13-5-7-14(8-6-13)11-21(12-19(26)27)16-4-2-1-3-15(16)20-10-18(24)25/h5-8,15-16,20H,1-4,9-12H2,(H,22,23)(H,24,25)(H,26,27). The lowest BCUT2D eigenvalue weighted by Gasteiger charge is -2.39. The van der Waals surface area contributed by atoms with Gasteiger partial charge in [0.25, 0.3) is 0 Å². The topological polar surface area (TPSA) is 127 Å². The van der Waals surface area contributed by atoms with Gasteiger partial charge in [0.05, 0.1) is 19.5 Å². The van der Waals surface area contributed by atoms with Crippen LogP contribution in [0.5, 0.6) is 0 Å². The molecule has 0 aromatic heterocycles. The van der Waals surface area contributed by atoms with Crippen molar-refractivity contribution in [3.63, 3.8) is 0 Å². The summed E-state index contributed by atoms with van der Waals surface area (Å²) in [5, 5.41) is 30.1. The van der Waals surface area contributed by atoms with Crippen LogP contribution in [0.2, 0.25) is 0 Å². The molecule has 0 heterocycles. The van der Waals surface area contributed by atoms with E-state index in [1.807, 2.05) is 17.0 Å². The van der Waals surface area contributed by atoms with E-state index in [0.717, 1.165) is 31.2 Å². The fraction of sp³-hybridized carbons (Fsp3) is 0.526. The van der Waals surface area contributed by atoms with Gasteiger partial charge < -0.3 is 20.6 Å². The van der Waals surface area contributed by atoms with Crippen LogP contribution in [0.25, 0.3) is 0 Å². The molecule has 0 spiro atoms. The van der Waals surface area contributed by atoms with Crippen molar-refractivity contribution in [3.8, 4) is 0 Å². The quantitative estimate of drug-likeness (QED) is 0.478. The zero-order chi connectivity index (χ0) is 19.8. The van der Waals surface area contributed by atoms with E-state index in [9.17, 15) is 19.5 Å². The van der Waals surface area contributed by atoms with Gasteiger partial charge in [-0.1, -0.05) is 37.1 Å². The summed E-state index contributed by atoms with van der Waals surface area (Å²) in [7, 11) is 0. The first-order chi connectivity index (χ1) is 12.8. The molecule has 1 aromatic carbocycles. The molecular formula is C19H26N2O6. The summed E-state index contributed by atoms with van der Waals surface area (Å²) in [4.78, 5) is 34.9. The maximum atomic E-state index is 11.4. The van der Waals surface area contributed by atoms with Crippen molar-refractivity contribution < 1.29 is 29.7 Å². The van der Waals surface area contributed by atoms with Crippen molar-refractivity contribution in [2.24, 2.45) is 0 Å². The number of carbonyl (C=O) groups is 3. The van der Waals surface area contributed by atoms with E-state index in [4.69, 9.17) is 10.2 Å². The molecule has 8 heteroatoms. The van der Waals surface area contributed by atoms with Crippen molar-refractivity contribution >= 4 is 17.9 Å². The number of aliphatic carboxylic acids is 3. The maximum Gasteiger partial charge on any atom is 0.317 e. The highest BCUT2D eigenvalue weighted by Crippen LogP contribution is 2.25. The molecule has 2 atom stereocenters. The first-order valence-electron chi connectivity index (χ1n) is 9.06. The van der Waals surface area contributed by atoms with Gasteiger partial charge in [0, 0.05) is 18.6 Å². The van der Waals surface area contributed by atoms with E-state index >= 15 is 0 Å². The van der Waals surface area contributed by atoms with E-state index in [2.05, 4.69) is 5.32 Å². The molecule has 148 valence electrons. The zero-order valence-corrected chi connectivity index (χ0v) is 15.1. The van der Waals surface area contributed by atoms with Crippen LogP contribution in [0.1, 0.15) is 36.8 Å². The molecule has 0 amide bonds. The second-order valence-corrected chi connectivity index (χ2v) is 6.92. The van der Waals surface area contributed by atoms with E-state index in [-0.39, 0.29) is 31.6 Å². The highest BCUT2D eigenvalue weighted by molar-refractivity contribution is 5.70. The highest BCUT2D eigenvalue weighted by Gasteiger charge is 2.31. The second-order valence-electron chi connectivity index (χ2n) is 6.92. The molecule has 2 rings (SSSR count). The van der Waals surface area contributed by atoms with Crippen LogP contribution in [0, 0.1) is 0 Å². The maximum absolute atomic E-state index is 11.4. The summed E-state index contributed by atoms with van der Waals surface area (Å²) in [6.07, 6.45) is 3.53. The van der Waals surface area contributed by atoms with Gasteiger partial charge in [-0.2, -0.15) is 0 Å². The van der Waals surface area contributed by atoms with E-state index in [0.29, 0.717) is 12.1 Å². The third kappa shape index (κ3) is 6.99. The summed E-state index contributed by atoms with van der Waals surface area (Å²) in [5.41, 5.74) is 1.59. The van der Waals surface area contributed by atoms with Crippen LogP contribution >= 0.6 is 0 Å². The van der Waals surface area contributed by atoms with Crippen molar-refractivity contribution in [2.75, 3.05) is 13.1 Å². The molecule has 0 aliphatic heterocycles. The minimum absolute atomic E-state index is 0.0527. The van der Waals surface area contributed by atoms with Gasteiger partial charge in [0.2, 0.25) is 0 Å². The highest BCUT2D eigenvalue weighted by atomic mass is 16.4. The van der Waals surface area contributed by atoms with Crippen LogP contribution < -0.4 is 5.32 Å². The van der Waals surface area contributed by atoms with Gasteiger partial charge in [0.15, 0.2) is 0 Å². The molecule has 2 unspecified atom stereocenters. The third-order valence-corrected chi connectivity index (χ3v) is 4.82. The van der Waals surface area contributed by atoms with Gasteiger partial charge >= 0.3 is 17.9 Å². The van der Waals surface area contributed by atoms with Crippen LogP contribution in [-0.2, 0) is 27.3 Å². The van der Waals surface area contributed by atoms with Crippen LogP contribution in [0.3, 0.4) is 0 Å². The Morgan fingerprint density at radius 1 is 0.926 bits per heavy atom. The fourth-order valence-corrected chi connectivity index (χ4v) is 3.64. The monoisotopic (exact) mass is 378 g/mol. The summed E-state index contributed by atoms with van der Waals surface area (Å²) >= 11 is 0. The minimum atomic E-state index is -0.932. The lowest BCUT2D eigenvalue weighted by Crippen LogP contribution is -2.53. The molecule has 1 aromatic rings. The zero-order valence-electron chi connectivity index (χ0n) is 15.1. The predicted octanol–water partition coefficient (Wildman–Crippen LogP) is 1.19. The van der Waals surface area contributed by atoms with Crippen molar-refractivity contribution in [1.29, 1.82) is 0 Å². The summed E-state index contributed by atoms with van der Waals surface area (Å²) in [6.45, 7) is 0.133.